The van der Waals surface area contributed by atoms with Gasteiger partial charge in [-0.15, -0.1) is 0 Å². The molecule has 1 aromatic carbocycles. The normalized spacial score (nSPS) is 19.5. The molecule has 0 saturated carbocycles. The highest BCUT2D eigenvalue weighted by atomic mass is 32.2. The first-order valence-corrected chi connectivity index (χ1v) is 10.2. The fourth-order valence-corrected chi connectivity index (χ4v) is 4.38. The lowest BCUT2D eigenvalue weighted by atomic mass is 9.97. The minimum absolute atomic E-state index is 0.381. The molecule has 25 heavy (non-hydrogen) atoms. The Kier molecular flexibility index (Phi) is 7.25. The molecule has 0 radical (unpaired) electrons. The number of nitrogens with zero attached hydrogens (tertiary/aromatic N) is 3. The van der Waals surface area contributed by atoms with Crippen molar-refractivity contribution in [2.45, 2.75) is 19.3 Å². The van der Waals surface area contributed by atoms with Crippen LogP contribution in [0.4, 0.5) is 0 Å². The Balaban J connectivity index is 1.88. The summed E-state index contributed by atoms with van der Waals surface area (Å²) in [5.41, 5.74) is 1.22. The number of benzene rings is 1. The van der Waals surface area contributed by atoms with Gasteiger partial charge in [0.25, 0.3) is 10.2 Å². The quantitative estimate of drug-likeness (QED) is 0.700. The zero-order valence-electron chi connectivity index (χ0n) is 15.8. The summed E-state index contributed by atoms with van der Waals surface area (Å²) in [6.45, 7) is 3.57. The first-order chi connectivity index (χ1) is 11.8. The van der Waals surface area contributed by atoms with Gasteiger partial charge in [0.05, 0.1) is 7.11 Å². The van der Waals surface area contributed by atoms with Gasteiger partial charge in [-0.3, -0.25) is 0 Å². The Morgan fingerprint density at radius 3 is 2.64 bits per heavy atom. The largest absolute Gasteiger partial charge is 0.496 e. The fourth-order valence-electron chi connectivity index (χ4n) is 3.43. The Morgan fingerprint density at radius 1 is 1.24 bits per heavy atom. The van der Waals surface area contributed by atoms with Crippen molar-refractivity contribution in [2.75, 3.05) is 54.4 Å². The van der Waals surface area contributed by atoms with Gasteiger partial charge in [0, 0.05) is 40.8 Å². The molecule has 0 bridgehead atoms. The molecule has 1 heterocycles. The Bertz CT molecular complexity index is 649. The van der Waals surface area contributed by atoms with E-state index in [1.54, 1.807) is 28.3 Å². The molecular weight excluding hydrogens is 338 g/mol. The predicted molar refractivity (Wildman–Crippen MR) is 101 cm³/mol. The molecule has 1 atom stereocenters. The first kappa shape index (κ1) is 20.2. The maximum atomic E-state index is 12.2. The SMILES string of the molecule is COc1ccccc1CCN1CCC[C@H](CN(C)S(=O)(=O)N(C)C)C1. The highest BCUT2D eigenvalue weighted by Gasteiger charge is 2.26. The minimum atomic E-state index is -3.33. The summed E-state index contributed by atoms with van der Waals surface area (Å²) in [7, 11) is 3.20. The molecule has 6 nitrogen and oxygen atoms in total. The van der Waals surface area contributed by atoms with Crippen LogP contribution in [0, 0.1) is 5.92 Å². The molecule has 1 aliphatic heterocycles. The first-order valence-electron chi connectivity index (χ1n) is 8.82. The Hall–Kier alpha value is -1.15. The van der Waals surface area contributed by atoms with Crippen LogP contribution in [0.1, 0.15) is 18.4 Å². The van der Waals surface area contributed by atoms with Crippen molar-refractivity contribution >= 4 is 10.2 Å². The van der Waals surface area contributed by atoms with Gasteiger partial charge in [0.15, 0.2) is 0 Å². The van der Waals surface area contributed by atoms with Crippen LogP contribution in [0.5, 0.6) is 5.75 Å². The van der Waals surface area contributed by atoms with E-state index in [0.29, 0.717) is 12.5 Å². The lowest BCUT2D eigenvalue weighted by Crippen LogP contribution is -2.44. The van der Waals surface area contributed by atoms with E-state index in [1.165, 1.54) is 14.2 Å². The number of para-hydroxylation sites is 1. The molecule has 0 unspecified atom stereocenters. The van der Waals surface area contributed by atoms with Crippen molar-refractivity contribution in [2.24, 2.45) is 5.92 Å². The number of likely N-dealkylation sites (tertiary alicyclic amines) is 1. The van der Waals surface area contributed by atoms with Crippen molar-refractivity contribution in [3.8, 4) is 5.75 Å². The molecule has 2 rings (SSSR count). The van der Waals surface area contributed by atoms with E-state index in [9.17, 15) is 8.42 Å². The minimum Gasteiger partial charge on any atom is -0.496 e. The number of piperidine rings is 1. The van der Waals surface area contributed by atoms with Gasteiger partial charge in [0.2, 0.25) is 0 Å². The van der Waals surface area contributed by atoms with Crippen molar-refractivity contribution in [3.63, 3.8) is 0 Å². The summed E-state index contributed by atoms with van der Waals surface area (Å²) < 4.78 is 32.6. The van der Waals surface area contributed by atoms with Crippen LogP contribution in [0.3, 0.4) is 0 Å². The molecule has 1 fully saturated rings. The average molecular weight is 370 g/mol. The summed E-state index contributed by atoms with van der Waals surface area (Å²) in [6, 6.07) is 8.13. The van der Waals surface area contributed by atoms with E-state index in [1.807, 2.05) is 18.2 Å². The van der Waals surface area contributed by atoms with Gasteiger partial charge in [0.1, 0.15) is 5.75 Å². The summed E-state index contributed by atoms with van der Waals surface area (Å²) in [4.78, 5) is 2.44. The zero-order valence-corrected chi connectivity index (χ0v) is 16.6. The van der Waals surface area contributed by atoms with Crippen molar-refractivity contribution in [1.29, 1.82) is 0 Å². The van der Waals surface area contributed by atoms with E-state index in [2.05, 4.69) is 11.0 Å². The lowest BCUT2D eigenvalue weighted by Gasteiger charge is -2.35. The molecule has 0 aromatic heterocycles. The van der Waals surface area contributed by atoms with Crippen molar-refractivity contribution in [3.05, 3.63) is 29.8 Å². The average Bonchev–Trinajstić information content (AvgIpc) is 2.60. The number of hydrogen-bond donors (Lipinski definition) is 0. The fraction of sp³-hybridized carbons (Fsp3) is 0.667. The lowest BCUT2D eigenvalue weighted by molar-refractivity contribution is 0.162. The molecule has 0 N–H and O–H groups in total. The molecule has 0 amide bonds. The highest BCUT2D eigenvalue weighted by Crippen LogP contribution is 2.21. The van der Waals surface area contributed by atoms with Crippen LogP contribution in [-0.2, 0) is 16.6 Å². The van der Waals surface area contributed by atoms with Crippen LogP contribution < -0.4 is 4.74 Å². The van der Waals surface area contributed by atoms with Crippen LogP contribution in [0.15, 0.2) is 24.3 Å². The Labute approximate surface area is 152 Å². The van der Waals surface area contributed by atoms with Gasteiger partial charge < -0.3 is 9.64 Å². The van der Waals surface area contributed by atoms with Gasteiger partial charge in [-0.05, 0) is 43.4 Å². The predicted octanol–water partition coefficient (Wildman–Crippen LogP) is 1.69. The zero-order chi connectivity index (χ0) is 18.4. The van der Waals surface area contributed by atoms with Crippen LogP contribution in [-0.4, -0.2) is 76.4 Å². The van der Waals surface area contributed by atoms with Crippen LogP contribution >= 0.6 is 0 Å². The summed E-state index contributed by atoms with van der Waals surface area (Å²) >= 11 is 0. The summed E-state index contributed by atoms with van der Waals surface area (Å²) in [6.07, 6.45) is 3.15. The van der Waals surface area contributed by atoms with Gasteiger partial charge in [-0.2, -0.15) is 17.0 Å². The topological polar surface area (TPSA) is 53.1 Å². The smallest absolute Gasteiger partial charge is 0.281 e. The number of ether oxygens (including phenoxy) is 1. The van der Waals surface area contributed by atoms with Gasteiger partial charge in [-0.25, -0.2) is 0 Å². The second-order valence-electron chi connectivity index (χ2n) is 6.94. The maximum absolute atomic E-state index is 12.2. The van der Waals surface area contributed by atoms with Crippen molar-refractivity contribution < 1.29 is 13.2 Å². The molecule has 7 heteroatoms. The third kappa shape index (κ3) is 5.41. The number of rotatable bonds is 8. The second kappa shape index (κ2) is 8.98. The maximum Gasteiger partial charge on any atom is 0.281 e. The van der Waals surface area contributed by atoms with E-state index in [4.69, 9.17) is 4.74 Å². The molecular formula is C18H31N3O3S. The molecule has 0 spiro atoms. The third-order valence-corrected chi connectivity index (χ3v) is 6.72. The van der Waals surface area contributed by atoms with E-state index >= 15 is 0 Å². The number of hydrogen-bond acceptors (Lipinski definition) is 4. The van der Waals surface area contributed by atoms with Crippen molar-refractivity contribution in [1.82, 2.24) is 13.5 Å². The second-order valence-corrected chi connectivity index (χ2v) is 9.19. The van der Waals surface area contributed by atoms with Gasteiger partial charge in [-0.1, -0.05) is 18.2 Å². The van der Waals surface area contributed by atoms with Crippen LogP contribution in [0.2, 0.25) is 0 Å². The van der Waals surface area contributed by atoms with E-state index < -0.39 is 10.2 Å². The number of methoxy groups -OCH3 is 1. The molecule has 0 aliphatic carbocycles. The van der Waals surface area contributed by atoms with E-state index in [0.717, 1.165) is 44.6 Å². The highest BCUT2D eigenvalue weighted by molar-refractivity contribution is 7.86. The Morgan fingerprint density at radius 2 is 1.96 bits per heavy atom. The van der Waals surface area contributed by atoms with E-state index in [-0.39, 0.29) is 0 Å². The summed E-state index contributed by atoms with van der Waals surface area (Å²) in [5, 5.41) is 0. The molecule has 1 aliphatic rings. The third-order valence-electron chi connectivity index (χ3n) is 4.86. The van der Waals surface area contributed by atoms with Crippen LogP contribution in [0.25, 0.3) is 0 Å². The van der Waals surface area contributed by atoms with Gasteiger partial charge >= 0.3 is 0 Å². The monoisotopic (exact) mass is 369 g/mol. The molecule has 1 aromatic rings. The molecule has 1 saturated heterocycles. The molecule has 142 valence electrons. The summed E-state index contributed by atoms with van der Waals surface area (Å²) in [5.74, 6) is 1.32. The standard InChI is InChI=1S/C18H31N3O3S/c1-19(2)25(22,23)20(3)14-16-8-7-12-21(15-16)13-11-17-9-5-6-10-18(17)24-4/h5-6,9-10,16H,7-8,11-15H2,1-4H3/t16-/m1/s1.